The quantitative estimate of drug-likeness (QED) is 0.826. The van der Waals surface area contributed by atoms with Gasteiger partial charge in [-0.1, -0.05) is 0 Å². The van der Waals surface area contributed by atoms with Crippen molar-refractivity contribution in [1.82, 2.24) is 5.32 Å². The van der Waals surface area contributed by atoms with Crippen LogP contribution in [0.3, 0.4) is 0 Å². The third-order valence-electron chi connectivity index (χ3n) is 6.97. The van der Waals surface area contributed by atoms with Crippen LogP contribution in [0.25, 0.3) is 0 Å². The lowest BCUT2D eigenvalue weighted by Crippen LogP contribution is -2.55. The van der Waals surface area contributed by atoms with Gasteiger partial charge >= 0.3 is 0 Å². The van der Waals surface area contributed by atoms with Crippen LogP contribution in [0.2, 0.25) is 0 Å². The Morgan fingerprint density at radius 2 is 1.75 bits per heavy atom. The van der Waals surface area contributed by atoms with Crippen LogP contribution in [0.15, 0.2) is 0 Å². The first kappa shape index (κ1) is 13.6. The van der Waals surface area contributed by atoms with Gasteiger partial charge in [0.05, 0.1) is 6.10 Å². The minimum atomic E-state index is 0.569. The molecular formula is C18H31NO. The number of ether oxygens (including phenoxy) is 1. The summed E-state index contributed by atoms with van der Waals surface area (Å²) in [4.78, 5) is 0. The lowest BCUT2D eigenvalue weighted by Gasteiger charge is -2.59. The zero-order valence-electron chi connectivity index (χ0n) is 13.1. The lowest BCUT2D eigenvalue weighted by atomic mass is 9.47. The van der Waals surface area contributed by atoms with Gasteiger partial charge in [0.15, 0.2) is 0 Å². The summed E-state index contributed by atoms with van der Waals surface area (Å²) in [7, 11) is 2.21. The summed E-state index contributed by atoms with van der Waals surface area (Å²) in [6, 6.07) is 0.750. The molecule has 1 N–H and O–H groups in total. The number of hydrogen-bond donors (Lipinski definition) is 1. The van der Waals surface area contributed by atoms with Gasteiger partial charge in [0.25, 0.3) is 0 Å². The molecule has 4 saturated carbocycles. The molecular weight excluding hydrogens is 246 g/mol. The molecule has 114 valence electrons. The van der Waals surface area contributed by atoms with Gasteiger partial charge in [0.1, 0.15) is 0 Å². The van der Waals surface area contributed by atoms with Gasteiger partial charge in [-0.05, 0) is 94.4 Å². The van der Waals surface area contributed by atoms with Crippen LogP contribution >= 0.6 is 0 Å². The van der Waals surface area contributed by atoms with Crippen molar-refractivity contribution in [3.8, 4) is 0 Å². The Hall–Kier alpha value is -0.0800. The Labute approximate surface area is 124 Å². The highest BCUT2D eigenvalue weighted by molar-refractivity contribution is 5.06. The first-order valence-electron chi connectivity index (χ1n) is 9.06. The Morgan fingerprint density at radius 1 is 1.10 bits per heavy atom. The van der Waals surface area contributed by atoms with Crippen LogP contribution in [-0.4, -0.2) is 25.8 Å². The Morgan fingerprint density at radius 3 is 2.25 bits per heavy atom. The minimum absolute atomic E-state index is 0.569. The number of rotatable bonds is 5. The van der Waals surface area contributed by atoms with Crippen LogP contribution in [0.4, 0.5) is 0 Å². The van der Waals surface area contributed by atoms with Gasteiger partial charge in [0.2, 0.25) is 0 Å². The Balaban J connectivity index is 1.43. The molecule has 0 aromatic rings. The van der Waals surface area contributed by atoms with Gasteiger partial charge in [0, 0.05) is 12.6 Å². The number of nitrogens with one attached hydrogen (secondary N) is 1. The summed E-state index contributed by atoms with van der Waals surface area (Å²) in [5, 5.41) is 3.73. The van der Waals surface area contributed by atoms with E-state index in [2.05, 4.69) is 12.4 Å². The molecule has 2 nitrogen and oxygen atoms in total. The first-order chi connectivity index (χ1) is 9.77. The summed E-state index contributed by atoms with van der Waals surface area (Å²) in [5.74, 6) is 3.21. The highest BCUT2D eigenvalue weighted by Gasteiger charge is 2.53. The molecule has 0 amide bonds. The second-order valence-electron chi connectivity index (χ2n) is 8.33. The monoisotopic (exact) mass is 277 g/mol. The normalized spacial score (nSPS) is 47.9. The average molecular weight is 277 g/mol. The van der Waals surface area contributed by atoms with E-state index in [1.807, 2.05) is 0 Å². The third kappa shape index (κ3) is 2.33. The van der Waals surface area contributed by atoms with Crippen LogP contribution in [0.5, 0.6) is 0 Å². The Bertz CT molecular complexity index is 312. The molecule has 5 rings (SSSR count). The maximum Gasteiger partial charge on any atom is 0.0576 e. The van der Waals surface area contributed by atoms with Gasteiger partial charge in [-0.2, -0.15) is 0 Å². The zero-order valence-corrected chi connectivity index (χ0v) is 13.1. The summed E-state index contributed by atoms with van der Waals surface area (Å²) in [5.41, 5.74) is 0.655. The molecule has 1 heterocycles. The Kier molecular flexibility index (Phi) is 3.58. The van der Waals surface area contributed by atoms with E-state index in [1.54, 1.807) is 19.3 Å². The topological polar surface area (TPSA) is 21.3 Å². The predicted octanol–water partition coefficient (Wildman–Crippen LogP) is 3.75. The summed E-state index contributed by atoms with van der Waals surface area (Å²) >= 11 is 0. The standard InChI is InChI=1S/C18H31NO/c1-19-17(5-4-16-3-2-6-20-16)18-10-13-7-14(11-18)9-15(8-13)12-18/h13-17,19H,2-12H2,1H3. The molecule has 2 unspecified atom stereocenters. The van der Waals surface area contributed by atoms with E-state index >= 15 is 0 Å². The smallest absolute Gasteiger partial charge is 0.0576 e. The zero-order chi connectivity index (χ0) is 13.6. The van der Waals surface area contributed by atoms with E-state index < -0.39 is 0 Å². The fourth-order valence-electron chi connectivity index (χ4n) is 6.59. The molecule has 5 fully saturated rings. The maximum absolute atomic E-state index is 5.84. The van der Waals surface area contributed by atoms with Crippen LogP contribution < -0.4 is 5.32 Å². The molecule has 2 atom stereocenters. The van der Waals surface area contributed by atoms with E-state index in [-0.39, 0.29) is 0 Å². The van der Waals surface area contributed by atoms with Crippen molar-refractivity contribution >= 4 is 0 Å². The van der Waals surface area contributed by atoms with Gasteiger partial charge in [-0.25, -0.2) is 0 Å². The maximum atomic E-state index is 5.84. The van der Waals surface area contributed by atoms with Gasteiger partial charge in [-0.15, -0.1) is 0 Å². The first-order valence-corrected chi connectivity index (χ1v) is 9.06. The van der Waals surface area contributed by atoms with E-state index in [0.717, 1.165) is 30.4 Å². The second-order valence-corrected chi connectivity index (χ2v) is 8.33. The molecule has 0 spiro atoms. The van der Waals surface area contributed by atoms with Crippen LogP contribution in [-0.2, 0) is 4.74 Å². The molecule has 0 aromatic carbocycles. The van der Waals surface area contributed by atoms with Crippen molar-refractivity contribution in [1.29, 1.82) is 0 Å². The molecule has 0 radical (unpaired) electrons. The third-order valence-corrected chi connectivity index (χ3v) is 6.97. The highest BCUT2D eigenvalue weighted by Crippen LogP contribution is 2.61. The fraction of sp³-hybridized carbons (Fsp3) is 1.00. The van der Waals surface area contributed by atoms with Crippen molar-refractivity contribution in [3.05, 3.63) is 0 Å². The van der Waals surface area contributed by atoms with Crippen molar-refractivity contribution in [2.45, 2.75) is 76.4 Å². The molecule has 20 heavy (non-hydrogen) atoms. The van der Waals surface area contributed by atoms with E-state index in [9.17, 15) is 0 Å². The van der Waals surface area contributed by atoms with Crippen LogP contribution in [0.1, 0.15) is 64.2 Å². The molecule has 0 aromatic heterocycles. The minimum Gasteiger partial charge on any atom is -0.378 e. The van der Waals surface area contributed by atoms with Crippen molar-refractivity contribution in [2.75, 3.05) is 13.7 Å². The second kappa shape index (κ2) is 5.28. The van der Waals surface area contributed by atoms with Crippen LogP contribution in [0, 0.1) is 23.2 Å². The molecule has 5 aliphatic rings. The highest BCUT2D eigenvalue weighted by atomic mass is 16.5. The largest absolute Gasteiger partial charge is 0.378 e. The summed E-state index contributed by atoms with van der Waals surface area (Å²) in [6.45, 7) is 1.01. The molecule has 1 aliphatic heterocycles. The van der Waals surface area contributed by atoms with Crippen molar-refractivity contribution in [2.24, 2.45) is 23.2 Å². The SMILES string of the molecule is CNC(CCC1CCCO1)C12CC3CC(CC(C3)C1)C2. The average Bonchev–Trinajstić information content (AvgIpc) is 2.90. The van der Waals surface area contributed by atoms with Crippen molar-refractivity contribution in [3.63, 3.8) is 0 Å². The summed E-state index contributed by atoms with van der Waals surface area (Å²) in [6.07, 6.45) is 15.0. The predicted molar refractivity (Wildman–Crippen MR) is 81.7 cm³/mol. The van der Waals surface area contributed by atoms with E-state index in [1.165, 1.54) is 44.9 Å². The fourth-order valence-corrected chi connectivity index (χ4v) is 6.59. The molecule has 4 bridgehead atoms. The number of hydrogen-bond acceptors (Lipinski definition) is 2. The van der Waals surface area contributed by atoms with Crippen molar-refractivity contribution < 1.29 is 4.74 Å². The molecule has 1 saturated heterocycles. The molecule has 2 heteroatoms. The van der Waals surface area contributed by atoms with E-state index in [4.69, 9.17) is 4.74 Å². The summed E-state index contributed by atoms with van der Waals surface area (Å²) < 4.78 is 5.84. The lowest BCUT2D eigenvalue weighted by molar-refractivity contribution is -0.0757. The molecule has 4 aliphatic carbocycles. The van der Waals surface area contributed by atoms with E-state index in [0.29, 0.717) is 11.5 Å². The van der Waals surface area contributed by atoms with Gasteiger partial charge < -0.3 is 10.1 Å². The van der Waals surface area contributed by atoms with Gasteiger partial charge in [-0.3, -0.25) is 0 Å².